The van der Waals surface area contributed by atoms with Gasteiger partial charge in [-0.1, -0.05) is 24.0 Å². The summed E-state index contributed by atoms with van der Waals surface area (Å²) in [4.78, 5) is 27.0. The van der Waals surface area contributed by atoms with Crippen LogP contribution in [0.25, 0.3) is 6.08 Å². The molecule has 7 nitrogen and oxygen atoms in total. The lowest BCUT2D eigenvalue weighted by molar-refractivity contribution is -0.384. The third kappa shape index (κ3) is 3.81. The summed E-state index contributed by atoms with van der Waals surface area (Å²) in [6, 6.07) is 6.07. The van der Waals surface area contributed by atoms with Crippen LogP contribution < -0.4 is 0 Å². The van der Waals surface area contributed by atoms with Gasteiger partial charge in [0.15, 0.2) is 0 Å². The smallest absolute Gasteiger partial charge is 0.269 e. The van der Waals surface area contributed by atoms with Crippen LogP contribution >= 0.6 is 24.0 Å². The van der Waals surface area contributed by atoms with E-state index in [9.17, 15) is 14.9 Å². The van der Waals surface area contributed by atoms with Gasteiger partial charge in [-0.3, -0.25) is 24.7 Å². The zero-order valence-corrected chi connectivity index (χ0v) is 14.3. The monoisotopic (exact) mass is 365 g/mol. The fraction of sp³-hybridized carbons (Fsp3) is 0.333. The van der Waals surface area contributed by atoms with Gasteiger partial charge in [0.2, 0.25) is 0 Å². The minimum atomic E-state index is -0.453. The van der Waals surface area contributed by atoms with Crippen LogP contribution in [0.3, 0.4) is 0 Å². The molecule has 2 aliphatic rings. The summed E-state index contributed by atoms with van der Waals surface area (Å²) in [5.41, 5.74) is 0.750. The van der Waals surface area contributed by atoms with Crippen molar-refractivity contribution >= 4 is 46.0 Å². The standard InChI is InChI=1S/C15H15N3O4S2/c19-14-13(9-11-1-3-12(4-2-11)18(20)21)24-15(23)17(14)10-16-5-7-22-8-6-16/h1-4,9H,5-8,10H2/b13-9+. The number of carbonyl (C=O) groups excluding carboxylic acids is 1. The number of hydrogen-bond donors (Lipinski definition) is 0. The molecule has 0 spiro atoms. The predicted molar refractivity (Wildman–Crippen MR) is 95.4 cm³/mol. The van der Waals surface area contributed by atoms with Gasteiger partial charge in [0.05, 0.1) is 29.7 Å². The van der Waals surface area contributed by atoms with Crippen LogP contribution in [0.1, 0.15) is 5.56 Å². The lowest BCUT2D eigenvalue weighted by atomic mass is 10.2. The second-order valence-electron chi connectivity index (χ2n) is 5.33. The van der Waals surface area contributed by atoms with Gasteiger partial charge >= 0.3 is 0 Å². The van der Waals surface area contributed by atoms with Gasteiger partial charge in [-0.05, 0) is 23.8 Å². The first-order valence-corrected chi connectivity index (χ1v) is 8.57. The Morgan fingerprint density at radius 1 is 1.29 bits per heavy atom. The molecule has 3 rings (SSSR count). The van der Waals surface area contributed by atoms with E-state index >= 15 is 0 Å². The van der Waals surface area contributed by atoms with Crippen molar-refractivity contribution in [2.75, 3.05) is 33.0 Å². The molecule has 0 saturated carbocycles. The van der Waals surface area contributed by atoms with Crippen molar-refractivity contribution in [2.45, 2.75) is 0 Å². The number of thioether (sulfide) groups is 1. The summed E-state index contributed by atoms with van der Waals surface area (Å²) in [6.45, 7) is 3.34. The second-order valence-corrected chi connectivity index (χ2v) is 7.01. The molecule has 0 radical (unpaired) electrons. The van der Waals surface area contributed by atoms with Crippen molar-refractivity contribution in [1.29, 1.82) is 0 Å². The van der Waals surface area contributed by atoms with Crippen LogP contribution in [0.15, 0.2) is 29.2 Å². The second kappa shape index (κ2) is 7.39. The lowest BCUT2D eigenvalue weighted by Crippen LogP contribution is -2.45. The third-order valence-corrected chi connectivity index (χ3v) is 5.10. The number of benzene rings is 1. The Kier molecular flexibility index (Phi) is 5.24. The van der Waals surface area contributed by atoms with E-state index in [0.717, 1.165) is 18.7 Å². The van der Waals surface area contributed by atoms with Gasteiger partial charge in [0.1, 0.15) is 4.32 Å². The fourth-order valence-corrected chi connectivity index (χ4v) is 3.65. The Morgan fingerprint density at radius 3 is 2.58 bits per heavy atom. The first-order valence-electron chi connectivity index (χ1n) is 7.34. The molecule has 0 N–H and O–H groups in total. The molecule has 24 heavy (non-hydrogen) atoms. The number of thiocarbonyl (C=S) groups is 1. The molecule has 1 aromatic carbocycles. The fourth-order valence-electron chi connectivity index (χ4n) is 2.41. The Labute approximate surface area is 148 Å². The number of rotatable bonds is 4. The quantitative estimate of drug-likeness (QED) is 0.350. The van der Waals surface area contributed by atoms with E-state index in [1.165, 1.54) is 23.9 Å². The number of ether oxygens (including phenoxy) is 1. The summed E-state index contributed by atoms with van der Waals surface area (Å²) in [5.74, 6) is -0.130. The number of morpholine rings is 1. The van der Waals surface area contributed by atoms with E-state index in [4.69, 9.17) is 17.0 Å². The van der Waals surface area contributed by atoms with Crippen LogP contribution in [-0.4, -0.2) is 57.9 Å². The zero-order valence-electron chi connectivity index (χ0n) is 12.7. The maximum Gasteiger partial charge on any atom is 0.269 e. The van der Waals surface area contributed by atoms with E-state index in [1.807, 2.05) is 0 Å². The minimum Gasteiger partial charge on any atom is -0.379 e. The Bertz CT molecular complexity index is 699. The summed E-state index contributed by atoms with van der Waals surface area (Å²) >= 11 is 6.57. The molecule has 0 aliphatic carbocycles. The SMILES string of the molecule is O=C1/C(=C\c2ccc([N+](=O)[O-])cc2)SC(=S)N1CN1CCOCC1. The first-order chi connectivity index (χ1) is 11.5. The lowest BCUT2D eigenvalue weighted by Gasteiger charge is -2.29. The van der Waals surface area contributed by atoms with Crippen LogP contribution in [0.2, 0.25) is 0 Å². The molecule has 1 aromatic rings. The van der Waals surface area contributed by atoms with Gasteiger partial charge in [0, 0.05) is 25.2 Å². The number of amides is 1. The Balaban J connectivity index is 1.71. The van der Waals surface area contributed by atoms with Crippen LogP contribution in [0.5, 0.6) is 0 Å². The van der Waals surface area contributed by atoms with E-state index in [1.54, 1.807) is 23.1 Å². The number of non-ortho nitro benzene ring substituents is 1. The molecule has 0 aromatic heterocycles. The Hall–Kier alpha value is -1.81. The molecule has 126 valence electrons. The topological polar surface area (TPSA) is 75.9 Å². The average molecular weight is 365 g/mol. The number of nitro groups is 1. The van der Waals surface area contributed by atoms with Gasteiger partial charge in [-0.2, -0.15) is 0 Å². The van der Waals surface area contributed by atoms with Gasteiger partial charge < -0.3 is 4.74 Å². The van der Waals surface area contributed by atoms with Crippen molar-refractivity contribution in [3.05, 3.63) is 44.8 Å². The largest absolute Gasteiger partial charge is 0.379 e. The molecule has 9 heteroatoms. The summed E-state index contributed by atoms with van der Waals surface area (Å²) in [5, 5.41) is 10.7. The number of nitro benzene ring substituents is 1. The van der Waals surface area contributed by atoms with Gasteiger partial charge in [0.25, 0.3) is 11.6 Å². The highest BCUT2D eigenvalue weighted by atomic mass is 32.2. The normalized spacial score (nSPS) is 20.8. The van der Waals surface area contributed by atoms with Crippen molar-refractivity contribution < 1.29 is 14.5 Å². The Morgan fingerprint density at radius 2 is 1.96 bits per heavy atom. The molecule has 2 heterocycles. The van der Waals surface area contributed by atoms with Crippen LogP contribution in [-0.2, 0) is 9.53 Å². The molecular formula is C15H15N3O4S2. The highest BCUT2D eigenvalue weighted by Crippen LogP contribution is 2.32. The van der Waals surface area contributed by atoms with Crippen molar-refractivity contribution in [3.8, 4) is 0 Å². The molecule has 0 atom stereocenters. The average Bonchev–Trinajstić information content (AvgIpc) is 2.84. The number of nitrogens with zero attached hydrogens (tertiary/aromatic N) is 3. The summed E-state index contributed by atoms with van der Waals surface area (Å²) in [7, 11) is 0. The molecule has 2 saturated heterocycles. The van der Waals surface area contributed by atoms with Crippen molar-refractivity contribution in [2.24, 2.45) is 0 Å². The molecule has 0 bridgehead atoms. The number of hydrogen-bond acceptors (Lipinski definition) is 7. The molecule has 1 amide bonds. The molecule has 2 fully saturated rings. The molecule has 0 unspecified atom stereocenters. The predicted octanol–water partition coefficient (Wildman–Crippen LogP) is 2.09. The maximum absolute atomic E-state index is 12.6. The molecule has 2 aliphatic heterocycles. The molecular weight excluding hydrogens is 350 g/mol. The first kappa shape index (κ1) is 17.0. The highest BCUT2D eigenvalue weighted by molar-refractivity contribution is 8.26. The minimum absolute atomic E-state index is 0.0204. The van der Waals surface area contributed by atoms with E-state index in [2.05, 4.69) is 4.90 Å². The van der Waals surface area contributed by atoms with E-state index in [0.29, 0.717) is 29.1 Å². The van der Waals surface area contributed by atoms with Gasteiger partial charge in [-0.25, -0.2) is 0 Å². The van der Waals surface area contributed by atoms with Crippen molar-refractivity contribution in [1.82, 2.24) is 9.80 Å². The highest BCUT2D eigenvalue weighted by Gasteiger charge is 2.33. The summed E-state index contributed by atoms with van der Waals surface area (Å²) < 4.78 is 5.83. The van der Waals surface area contributed by atoms with Crippen molar-refractivity contribution in [3.63, 3.8) is 0 Å². The van der Waals surface area contributed by atoms with E-state index in [-0.39, 0.29) is 11.6 Å². The third-order valence-electron chi connectivity index (χ3n) is 3.72. The van der Waals surface area contributed by atoms with E-state index < -0.39 is 4.92 Å². The number of carbonyl (C=O) groups is 1. The maximum atomic E-state index is 12.6. The van der Waals surface area contributed by atoms with Crippen LogP contribution in [0.4, 0.5) is 5.69 Å². The van der Waals surface area contributed by atoms with Crippen LogP contribution in [0, 0.1) is 10.1 Å². The summed E-state index contributed by atoms with van der Waals surface area (Å²) in [6.07, 6.45) is 1.71. The van der Waals surface area contributed by atoms with Gasteiger partial charge in [-0.15, -0.1) is 0 Å². The zero-order chi connectivity index (χ0) is 17.1.